The fourth-order valence-electron chi connectivity index (χ4n) is 2.60. The van der Waals surface area contributed by atoms with E-state index in [-0.39, 0.29) is 22.6 Å². The molecule has 0 bridgehead atoms. The molecule has 3 aromatic rings. The van der Waals surface area contributed by atoms with Crippen LogP contribution in [0.3, 0.4) is 0 Å². The third kappa shape index (κ3) is 3.77. The zero-order valence-corrected chi connectivity index (χ0v) is 16.1. The second-order valence-corrected chi connectivity index (χ2v) is 6.75. The summed E-state index contributed by atoms with van der Waals surface area (Å²) in [6.45, 7) is 0. The van der Waals surface area contributed by atoms with Crippen LogP contribution < -0.4 is 4.74 Å². The number of hydrogen-bond acceptors (Lipinski definition) is 3. The van der Waals surface area contributed by atoms with Gasteiger partial charge in [-0.3, -0.25) is 0 Å². The lowest BCUT2D eigenvalue weighted by atomic mass is 10.1. The van der Waals surface area contributed by atoms with Crippen molar-refractivity contribution < 1.29 is 22.7 Å². The maximum Gasteiger partial charge on any atom is 0.433 e. The minimum absolute atomic E-state index is 0.0611. The average Bonchev–Trinajstić information content (AvgIpc) is 2.95. The number of alkyl halides is 3. The van der Waals surface area contributed by atoms with Crippen molar-refractivity contribution in [2.75, 3.05) is 0 Å². The summed E-state index contributed by atoms with van der Waals surface area (Å²) in [5, 5.41) is 9.80. The maximum absolute atomic E-state index is 13.7. The number of ether oxygens (including phenoxy) is 1. The summed E-state index contributed by atoms with van der Waals surface area (Å²) in [6, 6.07) is 15.1. The smallest absolute Gasteiger partial charge is 0.410 e. The number of carbonyl (C=O) groups is 1. The lowest BCUT2D eigenvalue weighted by Crippen LogP contribution is -2.24. The van der Waals surface area contributed by atoms with Gasteiger partial charge >= 0.3 is 12.3 Å². The Balaban J connectivity index is 2.27. The molecule has 0 amide bonds. The van der Waals surface area contributed by atoms with Crippen LogP contribution >= 0.6 is 27.5 Å². The summed E-state index contributed by atoms with van der Waals surface area (Å²) in [4.78, 5) is 12.7. The van der Waals surface area contributed by atoms with Crippen molar-refractivity contribution in [1.82, 2.24) is 4.57 Å². The van der Waals surface area contributed by atoms with E-state index in [4.69, 9.17) is 16.3 Å². The van der Waals surface area contributed by atoms with Crippen molar-refractivity contribution in [1.29, 1.82) is 5.26 Å². The Morgan fingerprint density at radius 1 is 1.11 bits per heavy atom. The zero-order valence-electron chi connectivity index (χ0n) is 13.8. The molecule has 28 heavy (non-hydrogen) atoms. The van der Waals surface area contributed by atoms with Gasteiger partial charge in [0.05, 0.1) is 15.7 Å². The molecule has 1 aromatic heterocycles. The molecular weight excluding hydrogens is 461 g/mol. The van der Waals surface area contributed by atoms with Gasteiger partial charge in [-0.25, -0.2) is 9.36 Å². The van der Waals surface area contributed by atoms with E-state index < -0.39 is 22.4 Å². The van der Waals surface area contributed by atoms with E-state index in [1.165, 1.54) is 36.4 Å². The van der Waals surface area contributed by atoms with E-state index in [9.17, 15) is 23.2 Å². The zero-order chi connectivity index (χ0) is 20.5. The minimum Gasteiger partial charge on any atom is -0.410 e. The third-order valence-corrected chi connectivity index (χ3v) is 4.76. The van der Waals surface area contributed by atoms with Crippen molar-refractivity contribution in [3.8, 4) is 23.1 Å². The quantitative estimate of drug-likeness (QED) is 0.430. The summed E-state index contributed by atoms with van der Waals surface area (Å²) in [6.07, 6.45) is -6.23. The molecule has 0 N–H and O–H groups in total. The van der Waals surface area contributed by atoms with Crippen LogP contribution in [0.15, 0.2) is 59.1 Å². The summed E-state index contributed by atoms with van der Waals surface area (Å²) in [5.41, 5.74) is -1.74. The number of nitriles is 1. The summed E-state index contributed by atoms with van der Waals surface area (Å²) < 4.78 is 46.1. The Morgan fingerprint density at radius 2 is 1.71 bits per heavy atom. The van der Waals surface area contributed by atoms with E-state index in [2.05, 4.69) is 15.9 Å². The van der Waals surface area contributed by atoms with Gasteiger partial charge < -0.3 is 4.74 Å². The van der Waals surface area contributed by atoms with Crippen LogP contribution in [0.5, 0.6) is 5.75 Å². The number of para-hydroxylation sites is 1. The molecule has 0 aliphatic carbocycles. The number of benzene rings is 2. The Kier molecular flexibility index (Phi) is 5.49. The van der Waals surface area contributed by atoms with Crippen molar-refractivity contribution >= 4 is 33.6 Å². The van der Waals surface area contributed by atoms with E-state index in [0.717, 1.165) is 0 Å². The third-order valence-electron chi connectivity index (χ3n) is 3.74. The standard InChI is InChI=1S/C19H9BrClF3N2O2/c20-15-14(10-25)16(11-6-8-12(21)9-7-11)26(17(15)19(22,23)24)18(27)28-13-4-2-1-3-5-13/h1-9H. The minimum atomic E-state index is -4.93. The highest BCUT2D eigenvalue weighted by atomic mass is 79.9. The van der Waals surface area contributed by atoms with Gasteiger partial charge in [0, 0.05) is 10.6 Å². The molecule has 0 radical (unpaired) electrons. The average molecular weight is 470 g/mol. The van der Waals surface area contributed by atoms with Crippen molar-refractivity contribution in [2.24, 2.45) is 0 Å². The normalized spacial score (nSPS) is 11.1. The van der Waals surface area contributed by atoms with Crippen molar-refractivity contribution in [2.45, 2.75) is 6.18 Å². The molecule has 0 spiro atoms. The molecule has 3 rings (SSSR count). The molecule has 0 saturated carbocycles. The Morgan fingerprint density at radius 3 is 2.25 bits per heavy atom. The number of nitrogens with zero attached hydrogens (tertiary/aromatic N) is 2. The monoisotopic (exact) mass is 468 g/mol. The molecule has 0 unspecified atom stereocenters. The predicted molar refractivity (Wildman–Crippen MR) is 100 cm³/mol. The van der Waals surface area contributed by atoms with Gasteiger partial charge in [0.1, 0.15) is 17.5 Å². The molecule has 4 nitrogen and oxygen atoms in total. The van der Waals surface area contributed by atoms with Gasteiger partial charge in [0.2, 0.25) is 0 Å². The fourth-order valence-corrected chi connectivity index (χ4v) is 3.40. The molecule has 142 valence electrons. The van der Waals surface area contributed by atoms with Crippen LogP contribution in [0, 0.1) is 11.3 Å². The highest BCUT2D eigenvalue weighted by Crippen LogP contribution is 2.43. The lowest BCUT2D eigenvalue weighted by molar-refractivity contribution is -0.143. The van der Waals surface area contributed by atoms with Gasteiger partial charge in [0.15, 0.2) is 0 Å². The van der Waals surface area contributed by atoms with Gasteiger partial charge in [-0.15, -0.1) is 0 Å². The maximum atomic E-state index is 13.7. The SMILES string of the molecule is N#Cc1c(Br)c(C(F)(F)F)n(C(=O)Oc2ccccc2)c1-c1ccc(Cl)cc1. The summed E-state index contributed by atoms with van der Waals surface area (Å²) >= 11 is 8.66. The first-order valence-corrected chi connectivity index (χ1v) is 8.85. The molecule has 0 aliphatic heterocycles. The number of halogens is 5. The Bertz CT molecular complexity index is 1070. The van der Waals surface area contributed by atoms with E-state index in [0.29, 0.717) is 9.59 Å². The number of aromatic nitrogens is 1. The highest BCUT2D eigenvalue weighted by Gasteiger charge is 2.43. The second-order valence-electron chi connectivity index (χ2n) is 5.52. The number of carbonyl (C=O) groups excluding carboxylic acids is 1. The van der Waals surface area contributed by atoms with Crippen LogP contribution in [-0.4, -0.2) is 10.7 Å². The lowest BCUT2D eigenvalue weighted by Gasteiger charge is -2.14. The Hall–Kier alpha value is -2.76. The van der Waals surface area contributed by atoms with Gasteiger partial charge in [-0.2, -0.15) is 18.4 Å². The highest BCUT2D eigenvalue weighted by molar-refractivity contribution is 9.10. The molecule has 0 saturated heterocycles. The molecule has 0 fully saturated rings. The van der Waals surface area contributed by atoms with Crippen LogP contribution in [0.4, 0.5) is 18.0 Å². The van der Waals surface area contributed by atoms with E-state index in [1.54, 1.807) is 24.3 Å². The molecule has 0 atom stereocenters. The van der Waals surface area contributed by atoms with Crippen LogP contribution in [0.2, 0.25) is 5.02 Å². The van der Waals surface area contributed by atoms with Gasteiger partial charge in [0.25, 0.3) is 0 Å². The number of rotatable bonds is 2. The largest absolute Gasteiger partial charge is 0.433 e. The van der Waals surface area contributed by atoms with E-state index >= 15 is 0 Å². The van der Waals surface area contributed by atoms with E-state index in [1.807, 2.05) is 0 Å². The van der Waals surface area contributed by atoms with Crippen molar-refractivity contribution in [3.05, 3.63) is 75.4 Å². The van der Waals surface area contributed by atoms with Crippen molar-refractivity contribution in [3.63, 3.8) is 0 Å². The first kappa shape index (κ1) is 20.0. The molecular formula is C19H9BrClF3N2O2. The molecule has 9 heteroatoms. The van der Waals surface area contributed by atoms with Gasteiger partial charge in [-0.1, -0.05) is 41.9 Å². The Labute approximate surface area is 170 Å². The topological polar surface area (TPSA) is 55.0 Å². The fraction of sp³-hybridized carbons (Fsp3) is 0.0526. The summed E-state index contributed by atoms with van der Waals surface area (Å²) in [5.74, 6) is 0.0611. The van der Waals surface area contributed by atoms with Crippen LogP contribution in [-0.2, 0) is 6.18 Å². The van der Waals surface area contributed by atoms with Crippen LogP contribution in [0.1, 0.15) is 11.3 Å². The first-order valence-electron chi connectivity index (χ1n) is 7.68. The molecule has 2 aromatic carbocycles. The molecule has 1 heterocycles. The second kappa shape index (κ2) is 7.70. The van der Waals surface area contributed by atoms with Gasteiger partial charge in [-0.05, 0) is 40.2 Å². The molecule has 0 aliphatic rings. The predicted octanol–water partition coefficient (Wildman–Crippen LogP) is 6.51. The summed E-state index contributed by atoms with van der Waals surface area (Å²) in [7, 11) is 0. The number of hydrogen-bond donors (Lipinski definition) is 0. The first-order chi connectivity index (χ1) is 13.2. The van der Waals surface area contributed by atoms with Crippen LogP contribution in [0.25, 0.3) is 11.3 Å².